The lowest BCUT2D eigenvalue weighted by atomic mass is 9.86. The Morgan fingerprint density at radius 3 is 2.61 bits per heavy atom. The van der Waals surface area contributed by atoms with Crippen LogP contribution in [0.3, 0.4) is 0 Å². The minimum atomic E-state index is -0.263. The minimum absolute atomic E-state index is 0.263. The number of aromatic nitrogens is 1. The van der Waals surface area contributed by atoms with Gasteiger partial charge in [-0.15, -0.1) is 0 Å². The number of nitrogens with zero attached hydrogens (tertiary/aromatic N) is 1. The maximum absolute atomic E-state index is 13.5. The summed E-state index contributed by atoms with van der Waals surface area (Å²) in [6, 6.07) is 14.9. The number of halogens is 2. The Hall–Kier alpha value is -2.63. The normalized spacial score (nSPS) is 18.2. The van der Waals surface area contributed by atoms with Crippen LogP contribution in [0.1, 0.15) is 43.7 Å². The van der Waals surface area contributed by atoms with E-state index >= 15 is 0 Å². The van der Waals surface area contributed by atoms with E-state index in [0.717, 1.165) is 72.5 Å². The molecular weight excluding hydrogens is 437 g/mol. The SMILES string of the molecule is CCc1c(OCc2cccc(F)c2)cccc1-c1cc(NC2CCC(CN)CC2)ncc1Cl. The standard InChI is InChI=1S/C27H31ClFN3O/c1-2-22-23(7-4-8-26(22)33-17-19-5-3-6-20(29)13-19)24-14-27(31-16-25(24)28)32-21-11-9-18(15-30)10-12-21/h3-8,13-14,16,18,21H,2,9-12,15,17,30H2,1H3,(H,31,32). The molecule has 174 valence electrons. The van der Waals surface area contributed by atoms with Crippen LogP contribution in [0.4, 0.5) is 10.2 Å². The van der Waals surface area contributed by atoms with Gasteiger partial charge in [-0.25, -0.2) is 9.37 Å². The lowest BCUT2D eigenvalue weighted by Crippen LogP contribution is -2.29. The summed E-state index contributed by atoms with van der Waals surface area (Å²) < 4.78 is 19.6. The summed E-state index contributed by atoms with van der Waals surface area (Å²) in [5.74, 6) is 1.99. The Kier molecular flexibility index (Phi) is 7.84. The molecular formula is C27H31ClFN3O. The van der Waals surface area contributed by atoms with Crippen LogP contribution in [0.5, 0.6) is 5.75 Å². The molecule has 2 aromatic carbocycles. The zero-order chi connectivity index (χ0) is 23.2. The molecule has 6 heteroatoms. The number of anilines is 1. The van der Waals surface area contributed by atoms with Crippen LogP contribution < -0.4 is 15.8 Å². The van der Waals surface area contributed by atoms with Crippen molar-refractivity contribution in [2.45, 2.75) is 51.7 Å². The molecule has 0 radical (unpaired) electrons. The first-order chi connectivity index (χ1) is 16.1. The van der Waals surface area contributed by atoms with E-state index in [0.29, 0.717) is 23.6 Å². The number of benzene rings is 2. The van der Waals surface area contributed by atoms with Crippen molar-refractivity contribution in [1.29, 1.82) is 0 Å². The summed E-state index contributed by atoms with van der Waals surface area (Å²) in [6.45, 7) is 3.17. The second kappa shape index (κ2) is 11.0. The third-order valence-electron chi connectivity index (χ3n) is 6.45. The van der Waals surface area contributed by atoms with E-state index in [2.05, 4.69) is 23.3 Å². The van der Waals surface area contributed by atoms with Crippen molar-refractivity contribution in [3.8, 4) is 16.9 Å². The smallest absolute Gasteiger partial charge is 0.126 e. The summed E-state index contributed by atoms with van der Waals surface area (Å²) in [5.41, 5.74) is 9.64. The summed E-state index contributed by atoms with van der Waals surface area (Å²) >= 11 is 6.60. The largest absolute Gasteiger partial charge is 0.489 e. The topological polar surface area (TPSA) is 60.2 Å². The molecule has 0 saturated heterocycles. The molecule has 1 aromatic heterocycles. The van der Waals surface area contributed by atoms with Crippen LogP contribution in [-0.4, -0.2) is 17.6 Å². The molecule has 0 bridgehead atoms. The fourth-order valence-corrected chi connectivity index (χ4v) is 4.79. The van der Waals surface area contributed by atoms with Crippen LogP contribution in [0, 0.1) is 11.7 Å². The molecule has 0 atom stereocenters. The molecule has 1 aliphatic carbocycles. The Bertz CT molecular complexity index is 1080. The summed E-state index contributed by atoms with van der Waals surface area (Å²) in [5, 5.41) is 4.19. The number of rotatable bonds is 8. The van der Waals surface area contributed by atoms with Crippen molar-refractivity contribution < 1.29 is 9.13 Å². The van der Waals surface area contributed by atoms with E-state index in [1.54, 1.807) is 12.3 Å². The van der Waals surface area contributed by atoms with Crippen molar-refractivity contribution in [2.24, 2.45) is 11.7 Å². The van der Waals surface area contributed by atoms with Gasteiger partial charge in [-0.2, -0.15) is 0 Å². The Morgan fingerprint density at radius 1 is 1.09 bits per heavy atom. The molecule has 0 unspecified atom stereocenters. The highest BCUT2D eigenvalue weighted by molar-refractivity contribution is 6.33. The lowest BCUT2D eigenvalue weighted by molar-refractivity contribution is 0.302. The number of hydrogen-bond acceptors (Lipinski definition) is 4. The van der Waals surface area contributed by atoms with Crippen molar-refractivity contribution in [1.82, 2.24) is 4.98 Å². The Labute approximate surface area is 200 Å². The first-order valence-corrected chi connectivity index (χ1v) is 12.1. The van der Waals surface area contributed by atoms with E-state index in [1.807, 2.05) is 24.3 Å². The van der Waals surface area contributed by atoms with Crippen molar-refractivity contribution >= 4 is 17.4 Å². The zero-order valence-electron chi connectivity index (χ0n) is 19.0. The van der Waals surface area contributed by atoms with E-state index in [-0.39, 0.29) is 5.82 Å². The Morgan fingerprint density at radius 2 is 1.88 bits per heavy atom. The molecule has 1 heterocycles. The van der Waals surface area contributed by atoms with Crippen molar-refractivity contribution in [3.63, 3.8) is 0 Å². The van der Waals surface area contributed by atoms with Gasteiger partial charge in [-0.05, 0) is 80.0 Å². The number of nitrogens with two attached hydrogens (primary N) is 1. The van der Waals surface area contributed by atoms with Gasteiger partial charge < -0.3 is 15.8 Å². The maximum Gasteiger partial charge on any atom is 0.126 e. The van der Waals surface area contributed by atoms with E-state index in [1.165, 1.54) is 12.1 Å². The van der Waals surface area contributed by atoms with Gasteiger partial charge in [0.1, 0.15) is 24.0 Å². The van der Waals surface area contributed by atoms with Crippen molar-refractivity contribution in [2.75, 3.05) is 11.9 Å². The molecule has 0 spiro atoms. The van der Waals surface area contributed by atoms with E-state index in [4.69, 9.17) is 22.1 Å². The molecule has 1 saturated carbocycles. The zero-order valence-corrected chi connectivity index (χ0v) is 19.7. The van der Waals surface area contributed by atoms with Gasteiger partial charge in [0.2, 0.25) is 0 Å². The predicted molar refractivity (Wildman–Crippen MR) is 133 cm³/mol. The molecule has 1 aliphatic rings. The number of pyridine rings is 1. The second-order valence-electron chi connectivity index (χ2n) is 8.70. The van der Waals surface area contributed by atoms with Crippen LogP contribution in [0.25, 0.3) is 11.1 Å². The molecule has 0 amide bonds. The van der Waals surface area contributed by atoms with Gasteiger partial charge in [0.15, 0.2) is 0 Å². The first kappa shape index (κ1) is 23.5. The molecule has 4 nitrogen and oxygen atoms in total. The molecule has 1 fully saturated rings. The molecule has 4 rings (SSSR count). The van der Waals surface area contributed by atoms with Crippen LogP contribution >= 0.6 is 11.6 Å². The summed E-state index contributed by atoms with van der Waals surface area (Å²) in [7, 11) is 0. The van der Waals surface area contributed by atoms with Gasteiger partial charge in [-0.3, -0.25) is 0 Å². The minimum Gasteiger partial charge on any atom is -0.489 e. The number of hydrogen-bond donors (Lipinski definition) is 2. The van der Waals surface area contributed by atoms with Gasteiger partial charge >= 0.3 is 0 Å². The van der Waals surface area contributed by atoms with Crippen LogP contribution in [0.2, 0.25) is 5.02 Å². The maximum atomic E-state index is 13.5. The average Bonchev–Trinajstić information content (AvgIpc) is 2.84. The van der Waals surface area contributed by atoms with Crippen molar-refractivity contribution in [3.05, 3.63) is 76.7 Å². The van der Waals surface area contributed by atoms with Crippen LogP contribution in [-0.2, 0) is 13.0 Å². The van der Waals surface area contributed by atoms with Gasteiger partial charge in [0.25, 0.3) is 0 Å². The number of ether oxygens (including phenoxy) is 1. The fraction of sp³-hybridized carbons (Fsp3) is 0.370. The molecule has 3 N–H and O–H groups in total. The molecule has 3 aromatic rings. The third kappa shape index (κ3) is 5.84. The molecule has 0 aliphatic heterocycles. The highest BCUT2D eigenvalue weighted by atomic mass is 35.5. The van der Waals surface area contributed by atoms with E-state index in [9.17, 15) is 4.39 Å². The predicted octanol–water partition coefficient (Wildman–Crippen LogP) is 6.61. The lowest BCUT2D eigenvalue weighted by Gasteiger charge is -2.28. The van der Waals surface area contributed by atoms with Crippen LogP contribution in [0.15, 0.2) is 54.7 Å². The highest BCUT2D eigenvalue weighted by Crippen LogP contribution is 2.37. The fourth-order valence-electron chi connectivity index (χ4n) is 4.58. The summed E-state index contributed by atoms with van der Waals surface area (Å²) in [6.07, 6.45) is 7.00. The van der Waals surface area contributed by atoms with Gasteiger partial charge in [0, 0.05) is 23.4 Å². The Balaban J connectivity index is 1.55. The highest BCUT2D eigenvalue weighted by Gasteiger charge is 2.21. The molecule has 33 heavy (non-hydrogen) atoms. The number of nitrogens with one attached hydrogen (secondary N) is 1. The average molecular weight is 468 g/mol. The first-order valence-electron chi connectivity index (χ1n) is 11.7. The van der Waals surface area contributed by atoms with Gasteiger partial charge in [-0.1, -0.05) is 42.8 Å². The third-order valence-corrected chi connectivity index (χ3v) is 6.75. The summed E-state index contributed by atoms with van der Waals surface area (Å²) in [4.78, 5) is 4.53. The van der Waals surface area contributed by atoms with E-state index < -0.39 is 0 Å². The second-order valence-corrected chi connectivity index (χ2v) is 9.11. The monoisotopic (exact) mass is 467 g/mol. The quantitative estimate of drug-likeness (QED) is 0.391. The van der Waals surface area contributed by atoms with Gasteiger partial charge in [0.05, 0.1) is 5.02 Å².